The monoisotopic (exact) mass is 326 g/mol. The van der Waals surface area contributed by atoms with E-state index in [9.17, 15) is 0 Å². The van der Waals surface area contributed by atoms with Crippen LogP contribution in [0.3, 0.4) is 0 Å². The van der Waals surface area contributed by atoms with Gasteiger partial charge in [-0.05, 0) is 54.5 Å². The summed E-state index contributed by atoms with van der Waals surface area (Å²) in [6, 6.07) is 15.2. The van der Waals surface area contributed by atoms with Crippen LogP contribution in [0.25, 0.3) is 0 Å². The van der Waals surface area contributed by atoms with Crippen molar-refractivity contribution < 1.29 is 0 Å². The van der Waals surface area contributed by atoms with Crippen molar-refractivity contribution in [1.29, 1.82) is 0 Å². The molecule has 1 N–H and O–H groups in total. The maximum atomic E-state index is 6.07. The summed E-state index contributed by atoms with van der Waals surface area (Å²) in [6.07, 6.45) is 7.39. The minimum Gasteiger partial charge on any atom is -0.307 e. The van der Waals surface area contributed by atoms with Gasteiger partial charge in [0, 0.05) is 29.7 Å². The summed E-state index contributed by atoms with van der Waals surface area (Å²) in [4.78, 5) is 4.44. The molecular formula is C20H23ClN2. The molecule has 0 radical (unpaired) electrons. The molecule has 0 saturated heterocycles. The molecule has 0 amide bonds. The largest absolute Gasteiger partial charge is 0.307 e. The first kappa shape index (κ1) is 15.2. The number of pyridine rings is 1. The molecule has 2 saturated carbocycles. The molecule has 2 unspecified atom stereocenters. The number of hydrogen-bond acceptors (Lipinski definition) is 2. The van der Waals surface area contributed by atoms with Gasteiger partial charge in [0.15, 0.2) is 0 Å². The molecule has 120 valence electrons. The molecule has 2 aromatic rings. The van der Waals surface area contributed by atoms with Crippen LogP contribution in [-0.2, 0) is 6.54 Å². The van der Waals surface area contributed by atoms with Crippen molar-refractivity contribution in [2.24, 2.45) is 11.8 Å². The summed E-state index contributed by atoms with van der Waals surface area (Å²) in [5, 5.41) is 4.63. The Morgan fingerprint density at radius 3 is 2.52 bits per heavy atom. The molecule has 0 aliphatic heterocycles. The maximum Gasteiger partial charge on any atom is 0.0541 e. The second-order valence-corrected chi connectivity index (χ2v) is 7.35. The number of aromatic nitrogens is 1. The predicted molar refractivity (Wildman–Crippen MR) is 94.5 cm³/mol. The second kappa shape index (κ2) is 6.62. The van der Waals surface area contributed by atoms with Gasteiger partial charge in [0.05, 0.1) is 5.69 Å². The third-order valence-corrected chi connectivity index (χ3v) is 5.94. The topological polar surface area (TPSA) is 24.9 Å². The molecule has 1 aromatic carbocycles. The second-order valence-electron chi connectivity index (χ2n) is 6.92. The standard InChI is InChI=1S/C20H23ClN2/c21-15-10-8-14(9-11-15)19-17-6-1-2-7-18(17)20(19)23-13-16-5-3-4-12-22-16/h3-5,8-12,17-20,23H,1-2,6-7,13H2/t17?,18?,19-,20-/m0/s1. The van der Waals surface area contributed by atoms with Crippen LogP contribution in [0.5, 0.6) is 0 Å². The van der Waals surface area contributed by atoms with Crippen LogP contribution in [0, 0.1) is 11.8 Å². The number of halogens is 1. The van der Waals surface area contributed by atoms with E-state index in [1.54, 1.807) is 0 Å². The van der Waals surface area contributed by atoms with Crippen molar-refractivity contribution in [2.45, 2.75) is 44.2 Å². The highest BCUT2D eigenvalue weighted by Gasteiger charge is 2.50. The van der Waals surface area contributed by atoms with Gasteiger partial charge in [-0.25, -0.2) is 0 Å². The Morgan fingerprint density at radius 2 is 1.78 bits per heavy atom. The summed E-state index contributed by atoms with van der Waals surface area (Å²) in [7, 11) is 0. The fraction of sp³-hybridized carbons (Fsp3) is 0.450. The number of rotatable bonds is 4. The highest BCUT2D eigenvalue weighted by atomic mass is 35.5. The lowest BCUT2D eigenvalue weighted by Crippen LogP contribution is -2.57. The van der Waals surface area contributed by atoms with Gasteiger partial charge in [-0.1, -0.05) is 42.6 Å². The average molecular weight is 327 g/mol. The molecule has 4 rings (SSSR count). The van der Waals surface area contributed by atoms with E-state index in [0.29, 0.717) is 12.0 Å². The molecule has 0 spiro atoms. The first-order chi connectivity index (χ1) is 11.3. The lowest BCUT2D eigenvalue weighted by Gasteiger charge is -2.55. The summed E-state index contributed by atoms with van der Waals surface area (Å²) < 4.78 is 0. The number of benzene rings is 1. The normalized spacial score (nSPS) is 29.6. The highest BCUT2D eigenvalue weighted by Crippen LogP contribution is 2.54. The Hall–Kier alpha value is -1.38. The SMILES string of the molecule is Clc1ccc([C@H]2C3CCCCC3[C@@H]2NCc2ccccn2)cc1. The first-order valence-electron chi connectivity index (χ1n) is 8.72. The third-order valence-electron chi connectivity index (χ3n) is 5.68. The fourth-order valence-electron chi connectivity index (χ4n) is 4.61. The number of nitrogens with one attached hydrogen (secondary N) is 1. The number of nitrogens with zero attached hydrogens (tertiary/aromatic N) is 1. The maximum absolute atomic E-state index is 6.07. The Balaban J connectivity index is 1.51. The van der Waals surface area contributed by atoms with Gasteiger partial charge >= 0.3 is 0 Å². The minimum absolute atomic E-state index is 0.573. The molecule has 23 heavy (non-hydrogen) atoms. The number of hydrogen-bond donors (Lipinski definition) is 1. The quantitative estimate of drug-likeness (QED) is 0.873. The van der Waals surface area contributed by atoms with Gasteiger partial charge in [-0.2, -0.15) is 0 Å². The summed E-state index contributed by atoms with van der Waals surface area (Å²) in [6.45, 7) is 0.860. The van der Waals surface area contributed by atoms with Gasteiger partial charge in [-0.3, -0.25) is 4.98 Å². The van der Waals surface area contributed by atoms with Crippen LogP contribution in [0.1, 0.15) is 42.9 Å². The van der Waals surface area contributed by atoms with Crippen LogP contribution >= 0.6 is 11.6 Å². The van der Waals surface area contributed by atoms with E-state index in [4.69, 9.17) is 11.6 Å². The van der Waals surface area contributed by atoms with Crippen molar-refractivity contribution in [3.05, 3.63) is 64.9 Å². The van der Waals surface area contributed by atoms with E-state index in [1.165, 1.54) is 31.2 Å². The molecule has 1 heterocycles. The van der Waals surface area contributed by atoms with E-state index in [2.05, 4.69) is 34.6 Å². The zero-order chi connectivity index (χ0) is 15.6. The van der Waals surface area contributed by atoms with E-state index in [-0.39, 0.29) is 0 Å². The van der Waals surface area contributed by atoms with Gasteiger partial charge < -0.3 is 5.32 Å². The van der Waals surface area contributed by atoms with E-state index >= 15 is 0 Å². The molecule has 4 atom stereocenters. The highest BCUT2D eigenvalue weighted by molar-refractivity contribution is 6.30. The number of fused-ring (bicyclic) bond motifs is 1. The minimum atomic E-state index is 0.573. The van der Waals surface area contributed by atoms with Crippen LogP contribution in [0.4, 0.5) is 0 Å². The van der Waals surface area contributed by atoms with Gasteiger partial charge in [0.25, 0.3) is 0 Å². The van der Waals surface area contributed by atoms with Crippen LogP contribution < -0.4 is 5.32 Å². The Bertz CT molecular complexity index is 640. The summed E-state index contributed by atoms with van der Waals surface area (Å²) in [5.41, 5.74) is 2.57. The molecule has 2 nitrogen and oxygen atoms in total. The first-order valence-corrected chi connectivity index (χ1v) is 9.09. The van der Waals surface area contributed by atoms with E-state index in [0.717, 1.165) is 29.1 Å². The fourth-order valence-corrected chi connectivity index (χ4v) is 4.74. The Kier molecular flexibility index (Phi) is 4.37. The Morgan fingerprint density at radius 1 is 1.00 bits per heavy atom. The molecule has 2 aliphatic rings. The van der Waals surface area contributed by atoms with Crippen molar-refractivity contribution in [2.75, 3.05) is 0 Å². The molecule has 0 bridgehead atoms. The van der Waals surface area contributed by atoms with Crippen LogP contribution in [0.2, 0.25) is 5.02 Å². The van der Waals surface area contributed by atoms with Crippen molar-refractivity contribution >= 4 is 11.6 Å². The van der Waals surface area contributed by atoms with Crippen LogP contribution in [-0.4, -0.2) is 11.0 Å². The average Bonchev–Trinajstić information content (AvgIpc) is 2.59. The van der Waals surface area contributed by atoms with Gasteiger partial charge in [0.1, 0.15) is 0 Å². The smallest absolute Gasteiger partial charge is 0.0541 e. The third kappa shape index (κ3) is 3.02. The molecule has 2 aliphatic carbocycles. The lowest BCUT2D eigenvalue weighted by molar-refractivity contribution is 0.0252. The van der Waals surface area contributed by atoms with Crippen molar-refractivity contribution in [3.8, 4) is 0 Å². The molecule has 3 heteroatoms. The Labute approximate surface area is 143 Å². The van der Waals surface area contributed by atoms with Crippen LogP contribution in [0.15, 0.2) is 48.7 Å². The van der Waals surface area contributed by atoms with E-state index < -0.39 is 0 Å². The zero-order valence-electron chi connectivity index (χ0n) is 13.3. The summed E-state index contributed by atoms with van der Waals surface area (Å²) in [5.74, 6) is 2.29. The molecule has 1 aromatic heterocycles. The predicted octanol–water partition coefficient (Wildman–Crippen LogP) is 4.80. The van der Waals surface area contributed by atoms with Crippen molar-refractivity contribution in [1.82, 2.24) is 10.3 Å². The lowest BCUT2D eigenvalue weighted by atomic mass is 9.53. The van der Waals surface area contributed by atoms with E-state index in [1.807, 2.05) is 24.4 Å². The van der Waals surface area contributed by atoms with Gasteiger partial charge in [0.2, 0.25) is 0 Å². The summed E-state index contributed by atoms with van der Waals surface area (Å²) >= 11 is 6.07. The zero-order valence-corrected chi connectivity index (χ0v) is 14.0. The molecular weight excluding hydrogens is 304 g/mol. The molecule has 2 fully saturated rings. The van der Waals surface area contributed by atoms with Gasteiger partial charge in [-0.15, -0.1) is 0 Å². The van der Waals surface area contributed by atoms with Crippen molar-refractivity contribution in [3.63, 3.8) is 0 Å².